The summed E-state index contributed by atoms with van der Waals surface area (Å²) in [7, 11) is 1.55. The Morgan fingerprint density at radius 1 is 1.00 bits per heavy atom. The number of nitrogens with zero attached hydrogens (tertiary/aromatic N) is 3. The predicted octanol–water partition coefficient (Wildman–Crippen LogP) is 5.89. The number of hydrogen-bond acceptors (Lipinski definition) is 7. The van der Waals surface area contributed by atoms with Gasteiger partial charge in [-0.05, 0) is 66.7 Å². The Morgan fingerprint density at radius 3 is 2.47 bits per heavy atom. The predicted molar refractivity (Wildman–Crippen MR) is 153 cm³/mol. The van der Waals surface area contributed by atoms with Gasteiger partial charge in [-0.25, -0.2) is 0 Å². The summed E-state index contributed by atoms with van der Waals surface area (Å²) < 4.78 is 18.0. The largest absolute Gasteiger partial charge is 0.493 e. The van der Waals surface area contributed by atoms with Crippen molar-refractivity contribution in [2.45, 2.75) is 6.92 Å². The van der Waals surface area contributed by atoms with E-state index in [0.717, 1.165) is 21.3 Å². The van der Waals surface area contributed by atoms with Crippen LogP contribution in [0.2, 0.25) is 0 Å². The van der Waals surface area contributed by atoms with E-state index in [9.17, 15) is 4.79 Å². The molecule has 0 saturated heterocycles. The number of carbonyl (C=O) groups excluding carboxylic acids is 1. The van der Waals surface area contributed by atoms with Gasteiger partial charge < -0.3 is 14.2 Å². The molecule has 3 aromatic rings. The van der Waals surface area contributed by atoms with Gasteiger partial charge in [0.15, 0.2) is 17.3 Å². The lowest BCUT2D eigenvalue weighted by atomic mass is 10.1. The lowest BCUT2D eigenvalue weighted by Crippen LogP contribution is -2.35. The van der Waals surface area contributed by atoms with E-state index in [2.05, 4.69) is 26.0 Å². The molecule has 0 atom stereocenters. The average molecular weight is 591 g/mol. The number of aryl methyl sites for hydroxylation is 1. The highest BCUT2D eigenvalue weighted by atomic mass is 79.9. The van der Waals surface area contributed by atoms with Crippen LogP contribution < -0.4 is 14.2 Å². The Balaban J connectivity index is 1.28. The fourth-order valence-corrected chi connectivity index (χ4v) is 4.87. The van der Waals surface area contributed by atoms with E-state index in [0.29, 0.717) is 40.5 Å². The molecule has 2 aliphatic heterocycles. The molecule has 0 unspecified atom stereocenters. The molecule has 0 fully saturated rings. The molecule has 3 aromatic carbocycles. The second-order valence-electron chi connectivity index (χ2n) is 8.35. The summed E-state index contributed by atoms with van der Waals surface area (Å²) in [6.07, 6.45) is 1.61. The molecule has 1 N–H and O–H groups in total. The number of fused-ring (bicyclic) bond motifs is 1. The first-order valence-electron chi connectivity index (χ1n) is 11.7. The number of amides is 1. The van der Waals surface area contributed by atoms with Crippen LogP contribution in [0.5, 0.6) is 17.2 Å². The van der Waals surface area contributed by atoms with Crippen molar-refractivity contribution in [3.63, 3.8) is 0 Å². The Labute approximate surface area is 232 Å². The third-order valence-electron chi connectivity index (χ3n) is 5.67. The maximum atomic E-state index is 12.8. The zero-order valence-corrected chi connectivity index (χ0v) is 23.0. The second-order valence-corrected chi connectivity index (χ2v) is 10.2. The normalized spacial score (nSPS) is 15.8. The van der Waals surface area contributed by atoms with Crippen LogP contribution in [-0.2, 0) is 4.79 Å². The lowest BCUT2D eigenvalue weighted by molar-refractivity contribution is -0.114. The van der Waals surface area contributed by atoms with Gasteiger partial charge in [0.2, 0.25) is 5.17 Å². The molecule has 0 aromatic heterocycles. The van der Waals surface area contributed by atoms with Gasteiger partial charge in [-0.3, -0.25) is 10.2 Å². The number of thioether (sulfide) groups is 1. The average Bonchev–Trinajstić information content (AvgIpc) is 3.35. The Morgan fingerprint density at radius 2 is 1.74 bits per heavy atom. The molecule has 0 radical (unpaired) electrons. The number of amidine groups is 2. The quantitative estimate of drug-likeness (QED) is 0.259. The lowest BCUT2D eigenvalue weighted by Gasteiger charge is -2.20. The Kier molecular flexibility index (Phi) is 7.62. The first-order valence-corrected chi connectivity index (χ1v) is 13.3. The number of carbonyl (C=O) groups is 1. The summed E-state index contributed by atoms with van der Waals surface area (Å²) >= 11 is 4.67. The molecular weight excluding hydrogens is 568 g/mol. The molecule has 0 aliphatic carbocycles. The number of methoxy groups -OCH3 is 1. The van der Waals surface area contributed by atoms with Gasteiger partial charge in [0.25, 0.3) is 5.91 Å². The molecule has 38 heavy (non-hydrogen) atoms. The van der Waals surface area contributed by atoms with E-state index in [-0.39, 0.29) is 11.4 Å². The van der Waals surface area contributed by atoms with Crippen molar-refractivity contribution in [1.29, 1.82) is 5.41 Å². The molecule has 5 rings (SSSR count). The number of halogens is 1. The smallest absolute Gasteiger partial charge is 0.283 e. The minimum absolute atomic E-state index is 0.0287. The number of hydrogen-bond donors (Lipinski definition) is 1. The number of ether oxygens (including phenoxy) is 3. The third kappa shape index (κ3) is 5.66. The SMILES string of the molecule is COc1cc(C=C2C(=N)N3N=C(c4ccc(C)cc4)SC3=NC2=O)ccc1OCCOc1ccc(Br)cc1. The van der Waals surface area contributed by atoms with Gasteiger partial charge in [-0.15, -0.1) is 0 Å². The Hall–Kier alpha value is -3.89. The van der Waals surface area contributed by atoms with E-state index < -0.39 is 5.91 Å². The van der Waals surface area contributed by atoms with Crippen molar-refractivity contribution < 1.29 is 19.0 Å². The van der Waals surface area contributed by atoms with Crippen LogP contribution in [0.1, 0.15) is 16.7 Å². The maximum Gasteiger partial charge on any atom is 0.283 e. The highest BCUT2D eigenvalue weighted by Gasteiger charge is 2.36. The maximum absolute atomic E-state index is 12.8. The number of nitrogens with one attached hydrogen (secondary N) is 1. The summed E-state index contributed by atoms with van der Waals surface area (Å²) in [5, 5.41) is 15.6. The molecule has 2 aliphatic rings. The molecule has 2 heterocycles. The molecule has 8 nitrogen and oxygen atoms in total. The van der Waals surface area contributed by atoms with Crippen LogP contribution in [-0.4, -0.2) is 47.3 Å². The van der Waals surface area contributed by atoms with Gasteiger partial charge in [0.1, 0.15) is 24.0 Å². The summed E-state index contributed by atoms with van der Waals surface area (Å²) in [5.41, 5.74) is 2.86. The summed E-state index contributed by atoms with van der Waals surface area (Å²) in [4.78, 5) is 17.0. The fourth-order valence-electron chi connectivity index (χ4n) is 3.71. The fraction of sp³-hybridized carbons (Fsp3) is 0.143. The zero-order chi connectivity index (χ0) is 26.6. The van der Waals surface area contributed by atoms with Gasteiger partial charge in [0, 0.05) is 10.0 Å². The summed E-state index contributed by atoms with van der Waals surface area (Å²) in [5.74, 6) is 1.28. The number of benzene rings is 3. The monoisotopic (exact) mass is 590 g/mol. The topological polar surface area (TPSA) is 96.6 Å². The molecule has 0 bridgehead atoms. The molecule has 192 valence electrons. The summed E-state index contributed by atoms with van der Waals surface area (Å²) in [6.45, 7) is 2.70. The molecular formula is C28H23BrN4O4S. The molecule has 0 saturated carbocycles. The minimum atomic E-state index is -0.488. The highest BCUT2D eigenvalue weighted by Crippen LogP contribution is 2.33. The summed E-state index contributed by atoms with van der Waals surface area (Å²) in [6, 6.07) is 20.8. The number of rotatable bonds is 8. The van der Waals surface area contributed by atoms with Crippen molar-refractivity contribution in [1.82, 2.24) is 5.01 Å². The van der Waals surface area contributed by atoms with Crippen LogP contribution in [0.4, 0.5) is 0 Å². The van der Waals surface area contributed by atoms with Crippen LogP contribution >= 0.6 is 27.7 Å². The van der Waals surface area contributed by atoms with Crippen molar-refractivity contribution in [3.05, 3.63) is 93.5 Å². The first-order chi connectivity index (χ1) is 18.4. The van der Waals surface area contributed by atoms with E-state index in [1.54, 1.807) is 31.4 Å². The van der Waals surface area contributed by atoms with E-state index in [1.165, 1.54) is 16.8 Å². The van der Waals surface area contributed by atoms with Crippen LogP contribution in [0.3, 0.4) is 0 Å². The van der Waals surface area contributed by atoms with E-state index >= 15 is 0 Å². The number of aliphatic imine (C=N–C) groups is 1. The van der Waals surface area contributed by atoms with Crippen LogP contribution in [0, 0.1) is 12.3 Å². The van der Waals surface area contributed by atoms with E-state index in [4.69, 9.17) is 19.6 Å². The van der Waals surface area contributed by atoms with Crippen molar-refractivity contribution in [2.24, 2.45) is 10.1 Å². The van der Waals surface area contributed by atoms with Gasteiger partial charge in [-0.2, -0.15) is 15.1 Å². The van der Waals surface area contributed by atoms with Gasteiger partial charge in [-0.1, -0.05) is 51.8 Å². The standard InChI is InChI=1S/C28H23BrN4O4S/c1-17-3-6-19(7-4-17)27-32-33-25(30)22(26(34)31-28(33)38-27)15-18-5-12-23(24(16-18)35-2)37-14-13-36-21-10-8-20(29)9-11-21/h3-12,15-16,30H,13-14H2,1-2H3. The Bertz CT molecular complexity index is 1480. The van der Waals surface area contributed by atoms with Gasteiger partial charge in [0.05, 0.1) is 12.7 Å². The third-order valence-corrected chi connectivity index (χ3v) is 7.16. The van der Waals surface area contributed by atoms with Gasteiger partial charge >= 0.3 is 0 Å². The van der Waals surface area contributed by atoms with Crippen molar-refractivity contribution in [2.75, 3.05) is 20.3 Å². The van der Waals surface area contributed by atoms with Crippen molar-refractivity contribution >= 4 is 55.7 Å². The molecule has 0 spiro atoms. The van der Waals surface area contributed by atoms with Crippen LogP contribution in [0.15, 0.2) is 86.9 Å². The van der Waals surface area contributed by atoms with Crippen molar-refractivity contribution in [3.8, 4) is 17.2 Å². The first kappa shape index (κ1) is 25.7. The molecule has 10 heteroatoms. The second kappa shape index (κ2) is 11.2. The zero-order valence-electron chi connectivity index (χ0n) is 20.6. The minimum Gasteiger partial charge on any atom is -0.493 e. The highest BCUT2D eigenvalue weighted by molar-refractivity contribution is 9.10. The number of hydrazone groups is 1. The molecule has 1 amide bonds. The van der Waals surface area contributed by atoms with Crippen LogP contribution in [0.25, 0.3) is 6.08 Å². The van der Waals surface area contributed by atoms with E-state index in [1.807, 2.05) is 55.5 Å².